The molecule has 0 bridgehead atoms. The first-order chi connectivity index (χ1) is 8.04. The summed E-state index contributed by atoms with van der Waals surface area (Å²) in [5.41, 5.74) is 4.65. The van der Waals surface area contributed by atoms with Crippen molar-refractivity contribution < 1.29 is 4.79 Å². The highest BCUT2D eigenvalue weighted by atomic mass is 79.9. The highest BCUT2D eigenvalue weighted by Gasteiger charge is 2.12. The standard InChI is InChI=1S/C13H13BrN2O/c1-8-9(2)15-16(10(8)3)13-5-4-12(14)6-11(13)7-17/h4-7H,1-3H3. The van der Waals surface area contributed by atoms with Crippen LogP contribution in [0.3, 0.4) is 0 Å². The molecule has 2 rings (SSSR count). The molecule has 0 radical (unpaired) electrons. The number of hydrogen-bond acceptors (Lipinski definition) is 2. The monoisotopic (exact) mass is 292 g/mol. The van der Waals surface area contributed by atoms with E-state index in [0.29, 0.717) is 5.56 Å². The van der Waals surface area contributed by atoms with Crippen LogP contribution in [0.25, 0.3) is 5.69 Å². The molecule has 0 saturated heterocycles. The van der Waals surface area contributed by atoms with Crippen LogP contribution in [0.1, 0.15) is 27.3 Å². The number of rotatable bonds is 2. The van der Waals surface area contributed by atoms with Gasteiger partial charge in [-0.15, -0.1) is 0 Å². The maximum atomic E-state index is 11.1. The fourth-order valence-corrected chi connectivity index (χ4v) is 2.15. The van der Waals surface area contributed by atoms with Crippen molar-refractivity contribution in [1.82, 2.24) is 9.78 Å². The van der Waals surface area contributed by atoms with E-state index in [4.69, 9.17) is 0 Å². The van der Waals surface area contributed by atoms with Gasteiger partial charge in [0.1, 0.15) is 0 Å². The van der Waals surface area contributed by atoms with E-state index in [1.54, 1.807) is 6.07 Å². The van der Waals surface area contributed by atoms with Crippen molar-refractivity contribution in [3.63, 3.8) is 0 Å². The number of aromatic nitrogens is 2. The lowest BCUT2D eigenvalue weighted by molar-refractivity contribution is 0.112. The van der Waals surface area contributed by atoms with Gasteiger partial charge >= 0.3 is 0 Å². The zero-order valence-electron chi connectivity index (χ0n) is 9.99. The van der Waals surface area contributed by atoms with Crippen LogP contribution in [0.15, 0.2) is 22.7 Å². The maximum absolute atomic E-state index is 11.1. The summed E-state index contributed by atoms with van der Waals surface area (Å²) in [6.07, 6.45) is 0.853. The molecule has 0 fully saturated rings. The van der Waals surface area contributed by atoms with Gasteiger partial charge in [-0.2, -0.15) is 5.10 Å². The quantitative estimate of drug-likeness (QED) is 0.796. The third kappa shape index (κ3) is 2.05. The maximum Gasteiger partial charge on any atom is 0.152 e. The lowest BCUT2D eigenvalue weighted by Gasteiger charge is -2.07. The van der Waals surface area contributed by atoms with Crippen molar-refractivity contribution in [2.75, 3.05) is 0 Å². The molecule has 0 N–H and O–H groups in total. The van der Waals surface area contributed by atoms with Crippen molar-refractivity contribution in [1.29, 1.82) is 0 Å². The van der Waals surface area contributed by atoms with Crippen LogP contribution in [0.2, 0.25) is 0 Å². The Morgan fingerprint density at radius 1 is 1.29 bits per heavy atom. The molecule has 4 heteroatoms. The average molecular weight is 293 g/mol. The predicted molar refractivity (Wildman–Crippen MR) is 70.9 cm³/mol. The summed E-state index contributed by atoms with van der Waals surface area (Å²) >= 11 is 3.36. The van der Waals surface area contributed by atoms with Crippen LogP contribution in [-0.4, -0.2) is 16.1 Å². The van der Waals surface area contributed by atoms with Gasteiger partial charge in [-0.1, -0.05) is 15.9 Å². The molecular weight excluding hydrogens is 280 g/mol. The molecule has 1 aromatic carbocycles. The SMILES string of the molecule is Cc1nn(-c2ccc(Br)cc2C=O)c(C)c1C. The number of nitrogens with zero attached hydrogens (tertiary/aromatic N) is 2. The fourth-order valence-electron chi connectivity index (χ4n) is 1.77. The molecule has 0 saturated carbocycles. The zero-order valence-corrected chi connectivity index (χ0v) is 11.6. The van der Waals surface area contributed by atoms with Crippen LogP contribution in [-0.2, 0) is 0 Å². The van der Waals surface area contributed by atoms with Gasteiger partial charge in [-0.25, -0.2) is 4.68 Å². The van der Waals surface area contributed by atoms with E-state index in [2.05, 4.69) is 21.0 Å². The number of aldehydes is 1. The molecule has 2 aromatic rings. The van der Waals surface area contributed by atoms with Crippen LogP contribution in [0.4, 0.5) is 0 Å². The highest BCUT2D eigenvalue weighted by molar-refractivity contribution is 9.10. The van der Waals surface area contributed by atoms with Crippen LogP contribution in [0.5, 0.6) is 0 Å². The molecule has 0 atom stereocenters. The smallest absolute Gasteiger partial charge is 0.152 e. The summed E-state index contributed by atoms with van der Waals surface area (Å²) in [6, 6.07) is 5.61. The number of halogens is 1. The van der Waals surface area contributed by atoms with Crippen molar-refractivity contribution >= 4 is 22.2 Å². The van der Waals surface area contributed by atoms with E-state index in [1.807, 2.05) is 37.6 Å². The van der Waals surface area contributed by atoms with Crippen molar-refractivity contribution in [3.8, 4) is 5.69 Å². The minimum absolute atomic E-state index is 0.630. The Morgan fingerprint density at radius 2 is 2.00 bits per heavy atom. The second-order valence-electron chi connectivity index (χ2n) is 4.03. The lowest BCUT2D eigenvalue weighted by Crippen LogP contribution is -2.03. The first-order valence-electron chi connectivity index (χ1n) is 5.32. The Balaban J connectivity index is 2.68. The topological polar surface area (TPSA) is 34.9 Å². The van der Waals surface area contributed by atoms with Gasteiger partial charge in [0.05, 0.1) is 11.4 Å². The third-order valence-electron chi connectivity index (χ3n) is 3.00. The van der Waals surface area contributed by atoms with Gasteiger partial charge in [-0.3, -0.25) is 4.79 Å². The van der Waals surface area contributed by atoms with E-state index < -0.39 is 0 Å². The van der Waals surface area contributed by atoms with E-state index in [1.165, 1.54) is 0 Å². The molecule has 88 valence electrons. The summed E-state index contributed by atoms with van der Waals surface area (Å²) in [5, 5.41) is 4.46. The third-order valence-corrected chi connectivity index (χ3v) is 3.49. The van der Waals surface area contributed by atoms with E-state index in [0.717, 1.165) is 33.4 Å². The molecule has 3 nitrogen and oxygen atoms in total. The molecule has 0 amide bonds. The van der Waals surface area contributed by atoms with Gasteiger partial charge < -0.3 is 0 Å². The molecule has 17 heavy (non-hydrogen) atoms. The molecule has 0 aliphatic rings. The van der Waals surface area contributed by atoms with Crippen LogP contribution >= 0.6 is 15.9 Å². The van der Waals surface area contributed by atoms with Crippen molar-refractivity contribution in [3.05, 3.63) is 45.2 Å². The molecule has 1 aromatic heterocycles. The Labute approximate surface area is 109 Å². The van der Waals surface area contributed by atoms with Gasteiger partial charge in [0.25, 0.3) is 0 Å². The zero-order chi connectivity index (χ0) is 12.6. The number of aryl methyl sites for hydroxylation is 1. The molecule has 0 spiro atoms. The van der Waals surface area contributed by atoms with Gasteiger partial charge in [0, 0.05) is 15.7 Å². The molecular formula is C13H13BrN2O. The van der Waals surface area contributed by atoms with Crippen molar-refractivity contribution in [2.45, 2.75) is 20.8 Å². The summed E-state index contributed by atoms with van der Waals surface area (Å²) in [7, 11) is 0. The summed E-state index contributed by atoms with van der Waals surface area (Å²) in [6.45, 7) is 6.01. The first kappa shape index (κ1) is 12.0. The molecule has 0 aliphatic heterocycles. The summed E-state index contributed by atoms with van der Waals surface area (Å²) in [4.78, 5) is 11.1. The van der Waals surface area contributed by atoms with Crippen LogP contribution < -0.4 is 0 Å². The lowest BCUT2D eigenvalue weighted by atomic mass is 10.2. The van der Waals surface area contributed by atoms with E-state index in [-0.39, 0.29) is 0 Å². The molecule has 1 heterocycles. The van der Waals surface area contributed by atoms with Gasteiger partial charge in [-0.05, 0) is 44.5 Å². The number of hydrogen-bond donors (Lipinski definition) is 0. The first-order valence-corrected chi connectivity index (χ1v) is 6.12. The normalized spacial score (nSPS) is 10.6. The number of carbonyl (C=O) groups excluding carboxylic acids is 1. The molecule has 0 aliphatic carbocycles. The minimum atomic E-state index is 0.630. The predicted octanol–water partition coefficient (Wildman–Crippen LogP) is 3.37. The molecule has 0 unspecified atom stereocenters. The Bertz CT molecular complexity index is 587. The van der Waals surface area contributed by atoms with Crippen molar-refractivity contribution in [2.24, 2.45) is 0 Å². The van der Waals surface area contributed by atoms with Crippen LogP contribution in [0, 0.1) is 20.8 Å². The van der Waals surface area contributed by atoms with E-state index >= 15 is 0 Å². The summed E-state index contributed by atoms with van der Waals surface area (Å²) < 4.78 is 2.71. The van der Waals surface area contributed by atoms with E-state index in [9.17, 15) is 4.79 Å². The minimum Gasteiger partial charge on any atom is -0.298 e. The second-order valence-corrected chi connectivity index (χ2v) is 4.94. The highest BCUT2D eigenvalue weighted by Crippen LogP contribution is 2.22. The Kier molecular flexibility index (Phi) is 3.15. The largest absolute Gasteiger partial charge is 0.298 e. The number of carbonyl (C=O) groups is 1. The average Bonchev–Trinajstić information content (AvgIpc) is 2.57. The number of benzene rings is 1. The second kappa shape index (κ2) is 4.45. The van der Waals surface area contributed by atoms with Gasteiger partial charge in [0.2, 0.25) is 0 Å². The summed E-state index contributed by atoms with van der Waals surface area (Å²) in [5.74, 6) is 0. The Hall–Kier alpha value is -1.42. The Morgan fingerprint density at radius 3 is 2.53 bits per heavy atom. The fraction of sp³-hybridized carbons (Fsp3) is 0.231. The van der Waals surface area contributed by atoms with Gasteiger partial charge in [0.15, 0.2) is 6.29 Å².